The molecule has 4 heteroatoms. The van der Waals surface area contributed by atoms with Gasteiger partial charge in [-0.3, -0.25) is 4.79 Å². The lowest BCUT2D eigenvalue weighted by Crippen LogP contribution is -2.15. The summed E-state index contributed by atoms with van der Waals surface area (Å²) in [5.41, 5.74) is 6.07. The van der Waals surface area contributed by atoms with E-state index in [1.54, 1.807) is 13.0 Å². The molecule has 1 aromatic heterocycles. The number of hydrogen-bond acceptors (Lipinski definition) is 3. The van der Waals surface area contributed by atoms with Gasteiger partial charge in [0.15, 0.2) is 0 Å². The first kappa shape index (κ1) is 8.21. The van der Waals surface area contributed by atoms with E-state index in [4.69, 9.17) is 11.0 Å². The molecule has 0 saturated carbocycles. The maximum atomic E-state index is 10.7. The highest BCUT2D eigenvalue weighted by Crippen LogP contribution is 2.05. The number of aromatic nitrogens is 1. The van der Waals surface area contributed by atoms with Crippen molar-refractivity contribution >= 4 is 5.91 Å². The molecule has 0 bridgehead atoms. The van der Waals surface area contributed by atoms with Gasteiger partial charge in [0, 0.05) is 6.20 Å². The molecule has 0 aliphatic rings. The van der Waals surface area contributed by atoms with Gasteiger partial charge in [-0.25, -0.2) is 4.98 Å². The highest BCUT2D eigenvalue weighted by Gasteiger charge is 2.08. The molecule has 0 unspecified atom stereocenters. The number of aryl methyl sites for hydroxylation is 1. The van der Waals surface area contributed by atoms with Crippen LogP contribution in [0.4, 0.5) is 0 Å². The molecule has 0 aliphatic heterocycles. The number of amides is 1. The van der Waals surface area contributed by atoms with Crippen LogP contribution >= 0.6 is 0 Å². The summed E-state index contributed by atoms with van der Waals surface area (Å²) in [6.45, 7) is 1.79. The van der Waals surface area contributed by atoms with Crippen molar-refractivity contribution in [2.75, 3.05) is 0 Å². The van der Waals surface area contributed by atoms with Crippen molar-refractivity contribution in [3.05, 3.63) is 29.1 Å². The maximum absolute atomic E-state index is 10.7. The lowest BCUT2D eigenvalue weighted by molar-refractivity contribution is 0.0995. The summed E-state index contributed by atoms with van der Waals surface area (Å²) >= 11 is 0. The summed E-state index contributed by atoms with van der Waals surface area (Å²) in [5.74, 6) is -0.674. The third-order valence-corrected chi connectivity index (χ3v) is 1.38. The van der Waals surface area contributed by atoms with Crippen LogP contribution in [0.25, 0.3) is 0 Å². The summed E-state index contributed by atoms with van der Waals surface area (Å²) < 4.78 is 0. The first-order valence-electron chi connectivity index (χ1n) is 3.31. The topological polar surface area (TPSA) is 79.8 Å². The zero-order valence-corrected chi connectivity index (χ0v) is 6.53. The number of carbonyl (C=O) groups excluding carboxylic acids is 1. The van der Waals surface area contributed by atoms with Gasteiger partial charge in [0.2, 0.25) is 0 Å². The molecule has 1 rings (SSSR count). The van der Waals surface area contributed by atoms with Crippen LogP contribution in [0.2, 0.25) is 0 Å². The van der Waals surface area contributed by atoms with E-state index in [0.29, 0.717) is 0 Å². The van der Waals surface area contributed by atoms with E-state index in [-0.39, 0.29) is 11.3 Å². The van der Waals surface area contributed by atoms with Crippen LogP contribution in [0.5, 0.6) is 0 Å². The number of primary amides is 1. The van der Waals surface area contributed by atoms with Crippen LogP contribution in [-0.2, 0) is 0 Å². The second-order valence-corrected chi connectivity index (χ2v) is 2.38. The van der Waals surface area contributed by atoms with Crippen molar-refractivity contribution in [1.29, 1.82) is 5.26 Å². The van der Waals surface area contributed by atoms with Crippen molar-refractivity contribution in [3.8, 4) is 6.07 Å². The minimum absolute atomic E-state index is 0.0306. The lowest BCUT2D eigenvalue weighted by Gasteiger charge is -1.97. The van der Waals surface area contributed by atoms with Crippen molar-refractivity contribution in [2.45, 2.75) is 6.92 Å². The van der Waals surface area contributed by atoms with Crippen molar-refractivity contribution < 1.29 is 4.79 Å². The van der Waals surface area contributed by atoms with E-state index in [9.17, 15) is 4.79 Å². The van der Waals surface area contributed by atoms with E-state index < -0.39 is 5.91 Å². The van der Waals surface area contributed by atoms with Crippen LogP contribution < -0.4 is 5.73 Å². The van der Waals surface area contributed by atoms with E-state index >= 15 is 0 Å². The van der Waals surface area contributed by atoms with Gasteiger partial charge in [0.1, 0.15) is 11.8 Å². The van der Waals surface area contributed by atoms with E-state index in [1.807, 2.05) is 6.07 Å². The normalized spacial score (nSPS) is 9.00. The van der Waals surface area contributed by atoms with Gasteiger partial charge in [-0.15, -0.1) is 0 Å². The minimum atomic E-state index is -0.674. The number of nitriles is 1. The van der Waals surface area contributed by atoms with E-state index in [1.165, 1.54) is 6.20 Å². The third kappa shape index (κ3) is 1.40. The fraction of sp³-hybridized carbons (Fsp3) is 0.125. The molecule has 12 heavy (non-hydrogen) atoms. The second kappa shape index (κ2) is 3.01. The van der Waals surface area contributed by atoms with E-state index in [2.05, 4.69) is 4.98 Å². The minimum Gasteiger partial charge on any atom is -0.364 e. The summed E-state index contributed by atoms with van der Waals surface area (Å²) in [7, 11) is 0. The molecule has 1 heterocycles. The van der Waals surface area contributed by atoms with Gasteiger partial charge >= 0.3 is 0 Å². The first-order chi connectivity index (χ1) is 5.65. The molecule has 4 nitrogen and oxygen atoms in total. The maximum Gasteiger partial charge on any atom is 0.268 e. The molecule has 0 radical (unpaired) electrons. The fourth-order valence-corrected chi connectivity index (χ4v) is 0.851. The quantitative estimate of drug-likeness (QED) is 0.645. The van der Waals surface area contributed by atoms with Crippen LogP contribution in [0.1, 0.15) is 21.6 Å². The monoisotopic (exact) mass is 161 g/mol. The number of pyridine rings is 1. The Morgan fingerprint density at radius 3 is 2.92 bits per heavy atom. The first-order valence-corrected chi connectivity index (χ1v) is 3.31. The number of nitrogens with two attached hydrogens (primary N) is 1. The predicted octanol–water partition coefficient (Wildman–Crippen LogP) is 0.361. The number of hydrogen-bond donors (Lipinski definition) is 1. The Bertz CT molecular complexity index is 365. The Hall–Kier alpha value is -1.89. The van der Waals surface area contributed by atoms with E-state index in [0.717, 1.165) is 5.56 Å². The fourth-order valence-electron chi connectivity index (χ4n) is 0.851. The largest absolute Gasteiger partial charge is 0.364 e. The Morgan fingerprint density at radius 1 is 1.75 bits per heavy atom. The van der Waals surface area contributed by atoms with Crippen molar-refractivity contribution in [1.82, 2.24) is 4.98 Å². The molecule has 1 aromatic rings. The molecule has 60 valence electrons. The Balaban J connectivity index is 3.32. The Morgan fingerprint density at radius 2 is 2.42 bits per heavy atom. The van der Waals surface area contributed by atoms with Crippen molar-refractivity contribution in [3.63, 3.8) is 0 Å². The van der Waals surface area contributed by atoms with Gasteiger partial charge in [-0.2, -0.15) is 5.26 Å². The highest BCUT2D eigenvalue weighted by molar-refractivity contribution is 5.93. The molecule has 0 atom stereocenters. The van der Waals surface area contributed by atoms with Gasteiger partial charge in [-0.05, 0) is 18.6 Å². The van der Waals surface area contributed by atoms with Gasteiger partial charge in [0.25, 0.3) is 5.91 Å². The molecule has 1 amide bonds. The summed E-state index contributed by atoms with van der Waals surface area (Å²) in [6.07, 6.45) is 1.50. The molecular formula is C8H7N3O. The number of rotatable bonds is 1. The average Bonchev–Trinajstić information content (AvgIpc) is 2.03. The molecule has 0 aromatic carbocycles. The number of carbonyl (C=O) groups is 1. The van der Waals surface area contributed by atoms with Crippen LogP contribution in [-0.4, -0.2) is 10.9 Å². The highest BCUT2D eigenvalue weighted by atomic mass is 16.1. The molecule has 0 aliphatic carbocycles. The molecule has 0 spiro atoms. The van der Waals surface area contributed by atoms with Crippen LogP contribution in [0, 0.1) is 18.3 Å². The molecule has 0 fully saturated rings. The van der Waals surface area contributed by atoms with Gasteiger partial charge < -0.3 is 5.73 Å². The SMILES string of the molecule is Cc1cnc(C(N)=O)c(C#N)c1. The summed E-state index contributed by atoms with van der Waals surface area (Å²) in [5, 5.41) is 8.59. The lowest BCUT2D eigenvalue weighted by atomic mass is 10.1. The summed E-state index contributed by atoms with van der Waals surface area (Å²) in [6, 6.07) is 3.43. The zero-order valence-electron chi connectivity index (χ0n) is 6.53. The average molecular weight is 161 g/mol. The third-order valence-electron chi connectivity index (χ3n) is 1.38. The zero-order chi connectivity index (χ0) is 9.14. The summed E-state index contributed by atoms with van der Waals surface area (Å²) in [4.78, 5) is 14.5. The second-order valence-electron chi connectivity index (χ2n) is 2.38. The number of nitrogens with zero attached hydrogens (tertiary/aromatic N) is 2. The predicted molar refractivity (Wildman–Crippen MR) is 42.2 cm³/mol. The smallest absolute Gasteiger partial charge is 0.268 e. The molecule has 2 N–H and O–H groups in total. The molecule has 0 saturated heterocycles. The Labute approximate surface area is 69.6 Å². The van der Waals surface area contributed by atoms with Crippen LogP contribution in [0.3, 0.4) is 0 Å². The van der Waals surface area contributed by atoms with Crippen LogP contribution in [0.15, 0.2) is 12.3 Å². The standard InChI is InChI=1S/C8H7N3O/c1-5-2-6(3-9)7(8(10)12)11-4-5/h2,4H,1H3,(H2,10,12). The Kier molecular flexibility index (Phi) is 2.06. The molecular weight excluding hydrogens is 154 g/mol. The van der Waals surface area contributed by atoms with Gasteiger partial charge in [0.05, 0.1) is 5.56 Å². The van der Waals surface area contributed by atoms with Gasteiger partial charge in [-0.1, -0.05) is 0 Å². The van der Waals surface area contributed by atoms with Crippen molar-refractivity contribution in [2.24, 2.45) is 5.73 Å².